The minimum Gasteiger partial charge on any atom is -0.490 e. The molecule has 0 N–H and O–H groups in total. The zero-order valence-electron chi connectivity index (χ0n) is 9.82. The van der Waals surface area contributed by atoms with E-state index in [9.17, 15) is 9.18 Å². The number of aldehydes is 1. The van der Waals surface area contributed by atoms with Crippen molar-refractivity contribution in [2.45, 2.75) is 44.6 Å². The number of benzene rings is 1. The van der Waals surface area contributed by atoms with Crippen molar-refractivity contribution < 1.29 is 13.9 Å². The number of rotatable bonds is 3. The molecule has 2 nitrogen and oxygen atoms in total. The van der Waals surface area contributed by atoms with Crippen LogP contribution in [0.4, 0.5) is 4.39 Å². The van der Waals surface area contributed by atoms with E-state index in [2.05, 4.69) is 0 Å². The van der Waals surface area contributed by atoms with Gasteiger partial charge in [-0.25, -0.2) is 4.39 Å². The van der Waals surface area contributed by atoms with Crippen LogP contribution < -0.4 is 4.74 Å². The number of ether oxygens (including phenoxy) is 1. The second kappa shape index (κ2) is 5.80. The molecule has 0 unspecified atom stereocenters. The third-order valence-corrected chi connectivity index (χ3v) is 3.19. The fraction of sp³-hybridized carbons (Fsp3) is 0.500. The summed E-state index contributed by atoms with van der Waals surface area (Å²) in [5, 5.41) is 0. The number of halogens is 1. The van der Waals surface area contributed by atoms with E-state index >= 15 is 0 Å². The Morgan fingerprint density at radius 2 is 1.88 bits per heavy atom. The van der Waals surface area contributed by atoms with Crippen molar-refractivity contribution in [1.82, 2.24) is 0 Å². The van der Waals surface area contributed by atoms with E-state index in [-0.39, 0.29) is 6.10 Å². The summed E-state index contributed by atoms with van der Waals surface area (Å²) in [7, 11) is 0. The van der Waals surface area contributed by atoms with Crippen molar-refractivity contribution in [3.05, 3.63) is 29.6 Å². The lowest BCUT2D eigenvalue weighted by molar-refractivity contribution is 0.111. The van der Waals surface area contributed by atoms with Crippen LogP contribution in [0.5, 0.6) is 5.75 Å². The van der Waals surface area contributed by atoms with Crippen LogP contribution in [-0.2, 0) is 0 Å². The Labute approximate surface area is 101 Å². The Balaban J connectivity index is 2.08. The average molecular weight is 236 g/mol. The van der Waals surface area contributed by atoms with E-state index in [0.29, 0.717) is 17.6 Å². The first-order valence-corrected chi connectivity index (χ1v) is 6.21. The second-order valence-electron chi connectivity index (χ2n) is 4.53. The van der Waals surface area contributed by atoms with Gasteiger partial charge < -0.3 is 4.74 Å². The normalized spacial score (nSPS) is 17.5. The molecule has 0 radical (unpaired) electrons. The van der Waals surface area contributed by atoms with Crippen molar-refractivity contribution in [3.8, 4) is 5.75 Å². The summed E-state index contributed by atoms with van der Waals surface area (Å²) >= 11 is 0. The molecular formula is C14H17FO2. The van der Waals surface area contributed by atoms with E-state index < -0.39 is 5.82 Å². The van der Waals surface area contributed by atoms with E-state index in [0.717, 1.165) is 12.8 Å². The Morgan fingerprint density at radius 3 is 2.53 bits per heavy atom. The first-order chi connectivity index (χ1) is 8.29. The Morgan fingerprint density at radius 1 is 1.18 bits per heavy atom. The summed E-state index contributed by atoms with van der Waals surface area (Å²) in [6.45, 7) is 0. The van der Waals surface area contributed by atoms with Crippen LogP contribution in [0.2, 0.25) is 0 Å². The van der Waals surface area contributed by atoms with E-state index in [4.69, 9.17) is 4.74 Å². The van der Waals surface area contributed by atoms with Crippen LogP contribution in [0, 0.1) is 5.82 Å². The standard InChI is InChI=1S/C14H17FO2/c15-12-7-8-14(11(9-12)10-16)17-13-5-3-1-2-4-6-13/h7-10,13H,1-6H2. The molecule has 0 atom stereocenters. The van der Waals surface area contributed by atoms with E-state index in [1.54, 1.807) is 6.07 Å². The number of hydrogen-bond acceptors (Lipinski definition) is 2. The highest BCUT2D eigenvalue weighted by Crippen LogP contribution is 2.25. The molecule has 1 saturated carbocycles. The smallest absolute Gasteiger partial charge is 0.153 e. The van der Waals surface area contributed by atoms with Crippen LogP contribution in [0.3, 0.4) is 0 Å². The molecule has 0 bridgehead atoms. The van der Waals surface area contributed by atoms with Gasteiger partial charge in [0.1, 0.15) is 11.6 Å². The fourth-order valence-electron chi connectivity index (χ4n) is 2.26. The Bertz CT molecular complexity index is 382. The van der Waals surface area contributed by atoms with Crippen LogP contribution in [0.1, 0.15) is 48.9 Å². The van der Waals surface area contributed by atoms with Crippen molar-refractivity contribution in [2.24, 2.45) is 0 Å². The van der Waals surface area contributed by atoms with Gasteiger partial charge in [-0.05, 0) is 43.9 Å². The summed E-state index contributed by atoms with van der Waals surface area (Å²) in [6, 6.07) is 4.10. The van der Waals surface area contributed by atoms with Gasteiger partial charge in [0.25, 0.3) is 0 Å². The summed E-state index contributed by atoms with van der Waals surface area (Å²) < 4.78 is 18.8. The zero-order valence-corrected chi connectivity index (χ0v) is 9.82. The maximum atomic E-state index is 13.0. The molecule has 3 heteroatoms. The van der Waals surface area contributed by atoms with Gasteiger partial charge in [-0.3, -0.25) is 4.79 Å². The molecule has 1 fully saturated rings. The predicted molar refractivity (Wildman–Crippen MR) is 63.9 cm³/mol. The summed E-state index contributed by atoms with van der Waals surface area (Å²) in [5.74, 6) is 0.105. The molecular weight excluding hydrogens is 219 g/mol. The Hall–Kier alpha value is -1.38. The molecule has 17 heavy (non-hydrogen) atoms. The third kappa shape index (κ3) is 3.29. The summed E-state index contributed by atoms with van der Waals surface area (Å²) in [4.78, 5) is 10.8. The van der Waals surface area contributed by atoms with Crippen LogP contribution in [0.25, 0.3) is 0 Å². The maximum absolute atomic E-state index is 13.0. The molecule has 92 valence electrons. The highest BCUT2D eigenvalue weighted by Gasteiger charge is 2.15. The van der Waals surface area contributed by atoms with E-state index in [1.807, 2.05) is 0 Å². The minimum atomic E-state index is -0.402. The summed E-state index contributed by atoms with van der Waals surface area (Å²) in [6.07, 6.45) is 7.71. The lowest BCUT2D eigenvalue weighted by Crippen LogP contribution is -2.16. The van der Waals surface area contributed by atoms with Gasteiger partial charge in [-0.15, -0.1) is 0 Å². The van der Waals surface area contributed by atoms with Gasteiger partial charge in [0.2, 0.25) is 0 Å². The van der Waals surface area contributed by atoms with Crippen molar-refractivity contribution >= 4 is 6.29 Å². The predicted octanol–water partition coefficient (Wildman–Crippen LogP) is 3.74. The lowest BCUT2D eigenvalue weighted by Gasteiger charge is -2.18. The fourth-order valence-corrected chi connectivity index (χ4v) is 2.26. The van der Waals surface area contributed by atoms with Crippen LogP contribution >= 0.6 is 0 Å². The van der Waals surface area contributed by atoms with Crippen molar-refractivity contribution in [3.63, 3.8) is 0 Å². The van der Waals surface area contributed by atoms with Gasteiger partial charge in [0.15, 0.2) is 6.29 Å². The molecule has 2 rings (SSSR count). The van der Waals surface area contributed by atoms with Crippen LogP contribution in [-0.4, -0.2) is 12.4 Å². The van der Waals surface area contributed by atoms with Gasteiger partial charge in [0.05, 0.1) is 11.7 Å². The van der Waals surface area contributed by atoms with Gasteiger partial charge in [-0.1, -0.05) is 12.8 Å². The molecule has 1 aliphatic rings. The number of hydrogen-bond donors (Lipinski definition) is 0. The minimum absolute atomic E-state index is 0.168. The average Bonchev–Trinajstić information content (AvgIpc) is 2.60. The molecule has 0 aromatic heterocycles. The molecule has 1 aromatic carbocycles. The number of carbonyl (C=O) groups is 1. The topological polar surface area (TPSA) is 26.3 Å². The lowest BCUT2D eigenvalue weighted by atomic mass is 10.1. The monoisotopic (exact) mass is 236 g/mol. The van der Waals surface area contributed by atoms with Crippen molar-refractivity contribution in [1.29, 1.82) is 0 Å². The second-order valence-corrected chi connectivity index (χ2v) is 4.53. The first-order valence-electron chi connectivity index (χ1n) is 6.21. The van der Waals surface area contributed by atoms with Gasteiger partial charge in [0, 0.05) is 0 Å². The van der Waals surface area contributed by atoms with E-state index in [1.165, 1.54) is 37.8 Å². The van der Waals surface area contributed by atoms with Gasteiger partial charge in [-0.2, -0.15) is 0 Å². The Kier molecular flexibility index (Phi) is 4.13. The zero-order chi connectivity index (χ0) is 12.1. The largest absolute Gasteiger partial charge is 0.490 e. The van der Waals surface area contributed by atoms with Crippen LogP contribution in [0.15, 0.2) is 18.2 Å². The molecule has 0 heterocycles. The first kappa shape index (κ1) is 12.1. The van der Waals surface area contributed by atoms with Gasteiger partial charge >= 0.3 is 0 Å². The SMILES string of the molecule is O=Cc1cc(F)ccc1OC1CCCCCC1. The molecule has 0 amide bonds. The maximum Gasteiger partial charge on any atom is 0.153 e. The third-order valence-electron chi connectivity index (χ3n) is 3.19. The number of carbonyl (C=O) groups excluding carboxylic acids is 1. The molecule has 0 spiro atoms. The van der Waals surface area contributed by atoms with Crippen molar-refractivity contribution in [2.75, 3.05) is 0 Å². The highest BCUT2D eigenvalue weighted by molar-refractivity contribution is 5.79. The molecule has 0 aliphatic heterocycles. The highest BCUT2D eigenvalue weighted by atomic mass is 19.1. The molecule has 1 aromatic rings. The molecule has 0 saturated heterocycles. The quantitative estimate of drug-likeness (QED) is 0.590. The molecule has 1 aliphatic carbocycles. The summed E-state index contributed by atoms with van der Waals surface area (Å²) in [5.41, 5.74) is 0.300.